The number of hydrogen-bond donors (Lipinski definition) is 0. The van der Waals surface area contributed by atoms with E-state index in [9.17, 15) is 4.79 Å². The molecule has 92 valence electrons. The summed E-state index contributed by atoms with van der Waals surface area (Å²) in [7, 11) is 0. The van der Waals surface area contributed by atoms with Crippen molar-refractivity contribution in [1.29, 1.82) is 0 Å². The zero-order chi connectivity index (χ0) is 11.2. The highest BCUT2D eigenvalue weighted by Gasteiger charge is 2.44. The molecule has 5 heteroatoms. The lowest BCUT2D eigenvalue weighted by Crippen LogP contribution is -2.17. The van der Waals surface area contributed by atoms with Crippen molar-refractivity contribution in [2.75, 3.05) is 46.2 Å². The van der Waals surface area contributed by atoms with Crippen LogP contribution in [0.25, 0.3) is 0 Å². The predicted molar refractivity (Wildman–Crippen MR) is 55.0 cm³/mol. The van der Waals surface area contributed by atoms with Crippen LogP contribution in [0.5, 0.6) is 0 Å². The summed E-state index contributed by atoms with van der Waals surface area (Å²) in [4.78, 5) is 11.5. The van der Waals surface area contributed by atoms with Gasteiger partial charge in [-0.25, -0.2) is 0 Å². The summed E-state index contributed by atoms with van der Waals surface area (Å²) in [5.41, 5.74) is 0. The molecule has 1 aliphatic carbocycles. The predicted octanol–water partition coefficient (Wildman–Crippen LogP) is 0.229. The van der Waals surface area contributed by atoms with Crippen molar-refractivity contribution < 1.29 is 23.7 Å². The molecule has 1 saturated heterocycles. The Balaban J connectivity index is 1.71. The number of hydrogen-bond acceptors (Lipinski definition) is 5. The second kappa shape index (κ2) is 6.18. The Labute approximate surface area is 95.0 Å². The van der Waals surface area contributed by atoms with Gasteiger partial charge in [-0.15, -0.1) is 0 Å². The number of carbonyl (C=O) groups excluding carboxylic acids is 1. The second-order valence-corrected chi connectivity index (χ2v) is 4.07. The first-order chi connectivity index (χ1) is 7.88. The first kappa shape index (κ1) is 11.8. The van der Waals surface area contributed by atoms with Crippen molar-refractivity contribution in [3.8, 4) is 0 Å². The maximum absolute atomic E-state index is 11.5. The van der Waals surface area contributed by atoms with Gasteiger partial charge >= 0.3 is 5.97 Å². The molecule has 2 fully saturated rings. The van der Waals surface area contributed by atoms with Gasteiger partial charge in [-0.1, -0.05) is 0 Å². The molecule has 1 heterocycles. The third-order valence-corrected chi connectivity index (χ3v) is 2.77. The fourth-order valence-corrected chi connectivity index (χ4v) is 1.70. The van der Waals surface area contributed by atoms with Crippen molar-refractivity contribution in [2.24, 2.45) is 11.8 Å². The highest BCUT2D eigenvalue weighted by molar-refractivity contribution is 5.75. The second-order valence-electron chi connectivity index (χ2n) is 4.07. The lowest BCUT2D eigenvalue weighted by atomic mass is 10.3. The minimum atomic E-state index is -0.106. The molecule has 0 aromatic carbocycles. The number of ether oxygens (including phenoxy) is 4. The summed E-state index contributed by atoms with van der Waals surface area (Å²) < 4.78 is 21.0. The quantitative estimate of drug-likeness (QED) is 0.557. The summed E-state index contributed by atoms with van der Waals surface area (Å²) in [5.74, 6) is 0.283. The Kier molecular flexibility index (Phi) is 4.56. The Morgan fingerprint density at radius 2 is 1.50 bits per heavy atom. The Morgan fingerprint density at radius 1 is 0.875 bits per heavy atom. The van der Waals surface area contributed by atoms with Crippen molar-refractivity contribution in [3.05, 3.63) is 0 Å². The van der Waals surface area contributed by atoms with E-state index in [4.69, 9.17) is 18.9 Å². The van der Waals surface area contributed by atoms with Gasteiger partial charge in [0.2, 0.25) is 0 Å². The van der Waals surface area contributed by atoms with Crippen LogP contribution in [-0.4, -0.2) is 52.2 Å². The van der Waals surface area contributed by atoms with Crippen LogP contribution in [-0.2, 0) is 23.7 Å². The molecule has 0 aromatic rings. The Morgan fingerprint density at radius 3 is 2.25 bits per heavy atom. The van der Waals surface area contributed by atoms with Gasteiger partial charge in [0.1, 0.15) is 6.61 Å². The van der Waals surface area contributed by atoms with E-state index in [0.717, 1.165) is 6.42 Å². The minimum Gasteiger partial charge on any atom is -0.463 e. The van der Waals surface area contributed by atoms with Gasteiger partial charge in [-0.3, -0.25) is 4.79 Å². The average molecular weight is 230 g/mol. The number of rotatable bonds is 0. The summed E-state index contributed by atoms with van der Waals surface area (Å²) in [6, 6.07) is 0. The van der Waals surface area contributed by atoms with E-state index in [1.807, 2.05) is 0 Å². The van der Waals surface area contributed by atoms with E-state index in [1.165, 1.54) is 0 Å². The summed E-state index contributed by atoms with van der Waals surface area (Å²) >= 11 is 0. The fraction of sp³-hybridized carbons (Fsp3) is 0.909. The lowest BCUT2D eigenvalue weighted by molar-refractivity contribution is -0.147. The molecule has 1 aliphatic heterocycles. The van der Waals surface area contributed by atoms with Crippen LogP contribution < -0.4 is 0 Å². The molecule has 5 nitrogen and oxygen atoms in total. The average Bonchev–Trinajstić information content (AvgIpc) is 3.04. The maximum Gasteiger partial charge on any atom is 0.309 e. The largest absolute Gasteiger partial charge is 0.463 e. The molecule has 0 spiro atoms. The molecular weight excluding hydrogens is 212 g/mol. The summed E-state index contributed by atoms with van der Waals surface area (Å²) in [5, 5.41) is 0. The molecule has 2 rings (SSSR count). The first-order valence-electron chi connectivity index (χ1n) is 5.78. The van der Waals surface area contributed by atoms with Crippen LogP contribution in [0.2, 0.25) is 0 Å². The van der Waals surface area contributed by atoms with Crippen LogP contribution in [0, 0.1) is 11.8 Å². The first-order valence-corrected chi connectivity index (χ1v) is 5.78. The lowest BCUT2D eigenvalue weighted by Gasteiger charge is -2.09. The molecule has 0 radical (unpaired) electrons. The van der Waals surface area contributed by atoms with Crippen LogP contribution in [0.15, 0.2) is 0 Å². The smallest absolute Gasteiger partial charge is 0.309 e. The van der Waals surface area contributed by atoms with E-state index in [0.29, 0.717) is 52.2 Å². The maximum atomic E-state index is 11.5. The number of carbonyl (C=O) groups is 1. The van der Waals surface area contributed by atoms with E-state index >= 15 is 0 Å². The minimum absolute atomic E-state index is 0.0452. The Hall–Kier alpha value is -0.650. The van der Waals surface area contributed by atoms with Crippen molar-refractivity contribution in [3.63, 3.8) is 0 Å². The monoisotopic (exact) mass is 230 g/mol. The van der Waals surface area contributed by atoms with Crippen LogP contribution >= 0.6 is 0 Å². The molecule has 2 atom stereocenters. The topological polar surface area (TPSA) is 54.0 Å². The van der Waals surface area contributed by atoms with Crippen molar-refractivity contribution >= 4 is 5.97 Å². The highest BCUT2D eigenvalue weighted by Crippen LogP contribution is 2.39. The van der Waals surface area contributed by atoms with Gasteiger partial charge in [0.15, 0.2) is 0 Å². The molecule has 0 amide bonds. The number of fused-ring (bicyclic) bond motifs is 1. The third-order valence-electron chi connectivity index (χ3n) is 2.77. The third kappa shape index (κ3) is 3.73. The number of esters is 1. The normalized spacial score (nSPS) is 33.4. The van der Waals surface area contributed by atoms with E-state index < -0.39 is 0 Å². The van der Waals surface area contributed by atoms with E-state index in [2.05, 4.69) is 0 Å². The van der Waals surface area contributed by atoms with E-state index in [1.54, 1.807) is 0 Å². The van der Waals surface area contributed by atoms with Crippen LogP contribution in [0.4, 0.5) is 0 Å². The summed E-state index contributed by atoms with van der Waals surface area (Å²) in [6.07, 6.45) is 0.889. The molecule has 0 aromatic heterocycles. The van der Waals surface area contributed by atoms with Crippen LogP contribution in [0.1, 0.15) is 6.42 Å². The molecule has 0 unspecified atom stereocenters. The van der Waals surface area contributed by atoms with E-state index in [-0.39, 0.29) is 11.9 Å². The van der Waals surface area contributed by atoms with Gasteiger partial charge in [-0.05, 0) is 12.3 Å². The van der Waals surface area contributed by atoms with Crippen molar-refractivity contribution in [2.45, 2.75) is 6.42 Å². The van der Waals surface area contributed by atoms with Gasteiger partial charge < -0.3 is 18.9 Å². The molecule has 16 heavy (non-hydrogen) atoms. The standard InChI is InChI=1S/C11H18O5/c12-11-10-7-9(10)8-15-4-3-13-1-2-14-5-6-16-11/h9-10H,1-8H2/t9-,10-/m0/s1. The number of cyclic esters (lactones) is 1. The SMILES string of the molecule is O=C1OCCOCCOCCOC[C@@H]2C[C@H]12. The van der Waals surface area contributed by atoms with Gasteiger partial charge in [-0.2, -0.15) is 0 Å². The molecule has 1 saturated carbocycles. The Bertz CT molecular complexity index is 230. The molecule has 0 bridgehead atoms. The van der Waals surface area contributed by atoms with Gasteiger partial charge in [0, 0.05) is 0 Å². The highest BCUT2D eigenvalue weighted by atomic mass is 16.6. The zero-order valence-corrected chi connectivity index (χ0v) is 9.35. The fourth-order valence-electron chi connectivity index (χ4n) is 1.70. The molecule has 0 N–H and O–H groups in total. The van der Waals surface area contributed by atoms with Gasteiger partial charge in [0.25, 0.3) is 0 Å². The van der Waals surface area contributed by atoms with Crippen molar-refractivity contribution in [1.82, 2.24) is 0 Å². The summed E-state index contributed by atoms with van der Waals surface area (Å²) in [6.45, 7) is 3.68. The van der Waals surface area contributed by atoms with Gasteiger partial charge in [0.05, 0.1) is 45.6 Å². The van der Waals surface area contributed by atoms with Crippen LogP contribution in [0.3, 0.4) is 0 Å². The molecular formula is C11H18O5. The molecule has 2 aliphatic rings. The zero-order valence-electron chi connectivity index (χ0n) is 9.35.